The molecule has 0 atom stereocenters. The lowest BCUT2D eigenvalue weighted by Crippen LogP contribution is -2.11. The van der Waals surface area contributed by atoms with Gasteiger partial charge in [0.25, 0.3) is 0 Å². The van der Waals surface area contributed by atoms with Crippen LogP contribution >= 0.6 is 11.8 Å². The third-order valence-corrected chi connectivity index (χ3v) is 2.84. The van der Waals surface area contributed by atoms with Gasteiger partial charge in [0.15, 0.2) is 5.78 Å². The van der Waals surface area contributed by atoms with Crippen LogP contribution < -0.4 is 0 Å². The molecule has 1 nitrogen and oxygen atoms in total. The quantitative estimate of drug-likeness (QED) is 0.612. The summed E-state index contributed by atoms with van der Waals surface area (Å²) in [6.07, 6.45) is 0. The maximum absolute atomic E-state index is 12.7. The van der Waals surface area contributed by atoms with Crippen LogP contribution in [0.5, 0.6) is 0 Å². The largest absolute Gasteiger partial charge is 0.293 e. The number of hydrogen-bond donors (Lipinski definition) is 0. The number of Topliss-reactive ketones (excluding diaryl/α,β-unsaturated/α-hetero) is 1. The van der Waals surface area contributed by atoms with Crippen LogP contribution in [0.15, 0.2) is 18.2 Å². The average molecular weight is 182 g/mol. The standard InChI is InChI=1S/C9H7FOS/c10-7-1-2-8-6(3-7)4-12-5-9(8)11/h1-3H,4-5H2. The van der Waals surface area contributed by atoms with Crippen LogP contribution in [0.1, 0.15) is 15.9 Å². The molecule has 2 rings (SSSR count). The first-order chi connectivity index (χ1) is 5.77. The highest BCUT2D eigenvalue weighted by molar-refractivity contribution is 7.99. The van der Waals surface area contributed by atoms with Gasteiger partial charge in [0, 0.05) is 11.3 Å². The molecule has 0 aliphatic carbocycles. The normalized spacial score (nSPS) is 15.9. The lowest BCUT2D eigenvalue weighted by Gasteiger charge is -2.13. The van der Waals surface area contributed by atoms with Crippen LogP contribution in [-0.4, -0.2) is 11.5 Å². The minimum atomic E-state index is -0.260. The maximum atomic E-state index is 12.7. The van der Waals surface area contributed by atoms with E-state index in [2.05, 4.69) is 0 Å². The van der Waals surface area contributed by atoms with Crippen LogP contribution in [0.25, 0.3) is 0 Å². The van der Waals surface area contributed by atoms with Gasteiger partial charge >= 0.3 is 0 Å². The predicted octanol–water partition coefficient (Wildman–Crippen LogP) is 2.26. The van der Waals surface area contributed by atoms with Crippen molar-refractivity contribution in [1.29, 1.82) is 0 Å². The average Bonchev–Trinajstić information content (AvgIpc) is 2.04. The van der Waals surface area contributed by atoms with Gasteiger partial charge in [0.05, 0.1) is 5.75 Å². The number of benzene rings is 1. The Morgan fingerprint density at radius 3 is 3.00 bits per heavy atom. The van der Waals surface area contributed by atoms with E-state index in [0.29, 0.717) is 11.3 Å². The molecule has 0 radical (unpaired) electrons. The van der Waals surface area contributed by atoms with Gasteiger partial charge in [0.2, 0.25) is 0 Å². The summed E-state index contributed by atoms with van der Waals surface area (Å²) in [4.78, 5) is 11.3. The molecule has 0 aromatic heterocycles. The van der Waals surface area contributed by atoms with Crippen molar-refractivity contribution in [3.05, 3.63) is 35.1 Å². The monoisotopic (exact) mass is 182 g/mol. The number of carbonyl (C=O) groups is 1. The molecule has 62 valence electrons. The molecule has 12 heavy (non-hydrogen) atoms. The van der Waals surface area contributed by atoms with Gasteiger partial charge in [-0.25, -0.2) is 4.39 Å². The lowest BCUT2D eigenvalue weighted by molar-refractivity contribution is 0.102. The predicted molar refractivity (Wildman–Crippen MR) is 46.9 cm³/mol. The van der Waals surface area contributed by atoms with Gasteiger partial charge in [-0.05, 0) is 23.8 Å². The smallest absolute Gasteiger partial charge is 0.173 e. The third-order valence-electron chi connectivity index (χ3n) is 1.86. The van der Waals surface area contributed by atoms with E-state index in [0.717, 1.165) is 11.3 Å². The van der Waals surface area contributed by atoms with Crippen molar-refractivity contribution in [2.24, 2.45) is 0 Å². The van der Waals surface area contributed by atoms with Crippen molar-refractivity contribution in [3.8, 4) is 0 Å². The Hall–Kier alpha value is -0.830. The number of ketones is 1. The molecule has 0 bridgehead atoms. The fourth-order valence-electron chi connectivity index (χ4n) is 1.29. The molecule has 0 N–H and O–H groups in total. The van der Waals surface area contributed by atoms with E-state index >= 15 is 0 Å². The fourth-order valence-corrected chi connectivity index (χ4v) is 2.19. The number of thioether (sulfide) groups is 1. The SMILES string of the molecule is O=C1CSCc2cc(F)ccc21. The maximum Gasteiger partial charge on any atom is 0.173 e. The first-order valence-electron chi connectivity index (χ1n) is 3.67. The molecule has 1 aliphatic heterocycles. The van der Waals surface area contributed by atoms with Crippen molar-refractivity contribution in [2.75, 3.05) is 5.75 Å². The molecule has 0 spiro atoms. The molecule has 0 saturated carbocycles. The molecule has 1 aliphatic rings. The Bertz CT molecular complexity index is 335. The molecule has 0 saturated heterocycles. The van der Waals surface area contributed by atoms with Crippen LogP contribution in [-0.2, 0) is 5.75 Å². The summed E-state index contributed by atoms with van der Waals surface area (Å²) in [7, 11) is 0. The summed E-state index contributed by atoms with van der Waals surface area (Å²) < 4.78 is 12.7. The molecule has 1 heterocycles. The van der Waals surface area contributed by atoms with E-state index in [-0.39, 0.29) is 11.6 Å². The molecule has 0 unspecified atom stereocenters. The van der Waals surface area contributed by atoms with Crippen molar-refractivity contribution < 1.29 is 9.18 Å². The molecular weight excluding hydrogens is 175 g/mol. The fraction of sp³-hybridized carbons (Fsp3) is 0.222. The lowest BCUT2D eigenvalue weighted by atomic mass is 10.1. The summed E-state index contributed by atoms with van der Waals surface area (Å²) in [5.74, 6) is 1.13. The first kappa shape index (κ1) is 7.80. The van der Waals surface area contributed by atoms with E-state index in [4.69, 9.17) is 0 Å². The van der Waals surface area contributed by atoms with E-state index in [9.17, 15) is 9.18 Å². The van der Waals surface area contributed by atoms with Crippen LogP contribution in [0.4, 0.5) is 4.39 Å². The van der Waals surface area contributed by atoms with Crippen LogP contribution in [0.3, 0.4) is 0 Å². The summed E-state index contributed by atoms with van der Waals surface area (Å²) in [5, 5.41) is 0. The minimum Gasteiger partial charge on any atom is -0.293 e. The number of hydrogen-bond acceptors (Lipinski definition) is 2. The number of halogens is 1. The molecule has 0 amide bonds. The molecule has 3 heteroatoms. The Balaban J connectivity index is 2.53. The van der Waals surface area contributed by atoms with Crippen LogP contribution in [0, 0.1) is 5.82 Å². The second-order valence-electron chi connectivity index (χ2n) is 2.72. The summed E-state index contributed by atoms with van der Waals surface area (Å²) in [5.41, 5.74) is 1.52. The van der Waals surface area contributed by atoms with Gasteiger partial charge in [-0.3, -0.25) is 4.79 Å². The molecular formula is C9H7FOS. The number of fused-ring (bicyclic) bond motifs is 1. The zero-order chi connectivity index (χ0) is 8.55. The first-order valence-corrected chi connectivity index (χ1v) is 4.82. The zero-order valence-corrected chi connectivity index (χ0v) is 7.16. The molecule has 0 fully saturated rings. The Labute approximate surface area is 74.0 Å². The van der Waals surface area contributed by atoms with Gasteiger partial charge in [-0.15, -0.1) is 11.8 Å². The summed E-state index contributed by atoms with van der Waals surface area (Å²) >= 11 is 1.54. The molecule has 1 aromatic rings. The summed E-state index contributed by atoms with van der Waals surface area (Å²) in [6, 6.07) is 4.36. The van der Waals surface area contributed by atoms with E-state index in [1.54, 1.807) is 6.07 Å². The Kier molecular flexibility index (Phi) is 1.89. The highest BCUT2D eigenvalue weighted by Crippen LogP contribution is 2.24. The van der Waals surface area contributed by atoms with Gasteiger partial charge in [-0.1, -0.05) is 0 Å². The van der Waals surface area contributed by atoms with Crippen molar-refractivity contribution >= 4 is 17.5 Å². The highest BCUT2D eigenvalue weighted by Gasteiger charge is 2.17. The van der Waals surface area contributed by atoms with Crippen molar-refractivity contribution in [2.45, 2.75) is 5.75 Å². The van der Waals surface area contributed by atoms with Gasteiger partial charge in [0.1, 0.15) is 5.82 Å². The van der Waals surface area contributed by atoms with Crippen LogP contribution in [0.2, 0.25) is 0 Å². The second-order valence-corrected chi connectivity index (χ2v) is 3.70. The van der Waals surface area contributed by atoms with Gasteiger partial charge < -0.3 is 0 Å². The minimum absolute atomic E-state index is 0.112. The zero-order valence-electron chi connectivity index (χ0n) is 6.34. The second kappa shape index (κ2) is 2.90. The Morgan fingerprint density at radius 2 is 2.17 bits per heavy atom. The molecule has 1 aromatic carbocycles. The summed E-state index contributed by atoms with van der Waals surface area (Å²) in [6.45, 7) is 0. The topological polar surface area (TPSA) is 17.1 Å². The van der Waals surface area contributed by atoms with E-state index < -0.39 is 0 Å². The van der Waals surface area contributed by atoms with Gasteiger partial charge in [-0.2, -0.15) is 0 Å². The van der Waals surface area contributed by atoms with E-state index in [1.165, 1.54) is 23.9 Å². The number of rotatable bonds is 0. The number of carbonyl (C=O) groups excluding carboxylic acids is 1. The van der Waals surface area contributed by atoms with Crippen molar-refractivity contribution in [1.82, 2.24) is 0 Å². The Morgan fingerprint density at radius 1 is 1.33 bits per heavy atom. The van der Waals surface area contributed by atoms with Crippen molar-refractivity contribution in [3.63, 3.8) is 0 Å². The van der Waals surface area contributed by atoms with E-state index in [1.807, 2.05) is 0 Å². The third kappa shape index (κ3) is 1.25. The highest BCUT2D eigenvalue weighted by atomic mass is 32.2.